The van der Waals surface area contributed by atoms with E-state index >= 15 is 0 Å². The van der Waals surface area contributed by atoms with Crippen LogP contribution in [0.25, 0.3) is 16.8 Å². The van der Waals surface area contributed by atoms with Gasteiger partial charge in [-0.1, -0.05) is 32.1 Å². The summed E-state index contributed by atoms with van der Waals surface area (Å²) in [5, 5.41) is 5.03. The largest absolute Gasteiger partial charge is 0.468 e. The summed E-state index contributed by atoms with van der Waals surface area (Å²) in [6, 6.07) is 4.75. The van der Waals surface area contributed by atoms with Crippen molar-refractivity contribution in [3.8, 4) is 11.3 Å². The van der Waals surface area contributed by atoms with Crippen LogP contribution in [0.1, 0.15) is 45.8 Å². The van der Waals surface area contributed by atoms with Gasteiger partial charge in [0.15, 0.2) is 5.76 Å². The Bertz CT molecular complexity index is 1060. The third-order valence-electron chi connectivity index (χ3n) is 4.11. The van der Waals surface area contributed by atoms with E-state index < -0.39 is 34.0 Å². The summed E-state index contributed by atoms with van der Waals surface area (Å²) < 4.78 is 86.6. The Morgan fingerprint density at radius 1 is 1.25 bits per heavy atom. The van der Waals surface area contributed by atoms with Gasteiger partial charge in [-0.2, -0.15) is 13.2 Å². The number of primary sulfonamides is 1. The van der Waals surface area contributed by atoms with Crippen LogP contribution in [0.4, 0.5) is 17.6 Å². The zero-order valence-electron chi connectivity index (χ0n) is 18.3. The fourth-order valence-electron chi connectivity index (χ4n) is 2.53. The highest BCUT2D eigenvalue weighted by molar-refractivity contribution is 7.89. The molecule has 178 valence electrons. The van der Waals surface area contributed by atoms with E-state index in [1.807, 2.05) is 13.8 Å². The molecule has 1 unspecified atom stereocenters. The second-order valence-corrected chi connectivity index (χ2v) is 7.87. The molecule has 1 heterocycles. The zero-order valence-corrected chi connectivity index (χ0v) is 19.1. The number of nitrogens with zero attached hydrogens (tertiary/aromatic N) is 1. The minimum Gasteiger partial charge on any atom is -0.433 e. The summed E-state index contributed by atoms with van der Waals surface area (Å²) in [6.45, 7) is 7.12. The van der Waals surface area contributed by atoms with Crippen molar-refractivity contribution in [2.75, 3.05) is 7.11 Å². The number of nitrogens with two attached hydrogens (primary N) is 1. The number of oxazole rings is 1. The van der Waals surface area contributed by atoms with E-state index in [9.17, 15) is 26.0 Å². The van der Waals surface area contributed by atoms with Gasteiger partial charge in [-0.15, -0.1) is 0 Å². The predicted molar refractivity (Wildman–Crippen MR) is 114 cm³/mol. The molecular weight excluding hydrogens is 452 g/mol. The number of aromatic nitrogens is 1. The minimum absolute atomic E-state index is 0.126. The molecule has 32 heavy (non-hydrogen) atoms. The smallest absolute Gasteiger partial charge is 0.433 e. The van der Waals surface area contributed by atoms with Gasteiger partial charge in [-0.25, -0.2) is 22.9 Å². The van der Waals surface area contributed by atoms with Crippen LogP contribution in [0.2, 0.25) is 0 Å². The number of alkyl halides is 3. The quantitative estimate of drug-likeness (QED) is 0.514. The number of hydrogen-bond donors (Lipinski definition) is 1. The number of ether oxygens (including phenoxy) is 1. The van der Waals surface area contributed by atoms with Gasteiger partial charge in [0.2, 0.25) is 10.0 Å². The summed E-state index contributed by atoms with van der Waals surface area (Å²) in [5.74, 6) is -2.41. The zero-order chi connectivity index (χ0) is 24.7. The van der Waals surface area contributed by atoms with Gasteiger partial charge in [-0.3, -0.25) is 0 Å². The molecule has 1 aromatic carbocycles. The van der Waals surface area contributed by atoms with Gasteiger partial charge in [0.05, 0.1) is 11.0 Å². The van der Waals surface area contributed by atoms with Crippen molar-refractivity contribution in [1.82, 2.24) is 4.98 Å². The lowest BCUT2D eigenvalue weighted by molar-refractivity contribution is -0.157. The van der Waals surface area contributed by atoms with Gasteiger partial charge in [0.1, 0.15) is 11.5 Å². The van der Waals surface area contributed by atoms with Crippen molar-refractivity contribution < 1.29 is 35.1 Å². The van der Waals surface area contributed by atoms with Crippen LogP contribution < -0.4 is 5.14 Å². The van der Waals surface area contributed by atoms with Crippen molar-refractivity contribution in [3.05, 3.63) is 53.9 Å². The van der Waals surface area contributed by atoms with Gasteiger partial charge < -0.3 is 9.15 Å². The lowest BCUT2D eigenvalue weighted by Gasteiger charge is -2.08. The molecule has 2 aromatic rings. The first-order valence-corrected chi connectivity index (χ1v) is 11.2. The molecule has 11 heteroatoms. The fraction of sp³-hybridized carbons (Fsp3) is 0.381. The van der Waals surface area contributed by atoms with Crippen LogP contribution in [0, 0.1) is 0 Å². The maximum Gasteiger partial charge on any atom is 0.468 e. The van der Waals surface area contributed by atoms with E-state index in [0.29, 0.717) is 0 Å². The number of rotatable bonds is 7. The third-order valence-corrected chi connectivity index (χ3v) is 5.04. The lowest BCUT2D eigenvalue weighted by Crippen LogP contribution is -2.11. The summed E-state index contributed by atoms with van der Waals surface area (Å²) >= 11 is 0. The maximum atomic E-state index is 14.3. The molecule has 0 aliphatic heterocycles. The maximum absolute atomic E-state index is 14.3. The van der Waals surface area contributed by atoms with E-state index in [2.05, 4.69) is 4.98 Å². The second-order valence-electron chi connectivity index (χ2n) is 6.31. The summed E-state index contributed by atoms with van der Waals surface area (Å²) in [6.07, 6.45) is -3.16. The highest BCUT2D eigenvalue weighted by Gasteiger charge is 2.39. The molecule has 0 saturated heterocycles. The molecule has 6 nitrogen and oxygen atoms in total. The summed E-state index contributed by atoms with van der Waals surface area (Å²) in [5.41, 5.74) is 0.0650. The van der Waals surface area contributed by atoms with E-state index in [1.165, 1.54) is 38.3 Å². The Balaban J connectivity index is 0.00000249. The molecule has 0 aliphatic rings. The SMILES string of the molecule is C/C=C(\C/C(F)=C\C(C)OC)c1oc(C(F)(F)F)nc1-c1ccc(S(N)(=O)=O)cc1.CC. The molecule has 0 saturated carbocycles. The van der Waals surface area contributed by atoms with Crippen LogP contribution in [-0.4, -0.2) is 26.6 Å². The molecule has 0 amide bonds. The summed E-state index contributed by atoms with van der Waals surface area (Å²) in [7, 11) is -2.60. The number of allylic oxidation sites excluding steroid dienone is 3. The average Bonchev–Trinajstić information content (AvgIpc) is 3.18. The first-order chi connectivity index (χ1) is 14.9. The minimum atomic E-state index is -4.87. The van der Waals surface area contributed by atoms with Gasteiger partial charge in [-0.05, 0) is 37.6 Å². The Hall–Kier alpha value is -2.50. The van der Waals surface area contributed by atoms with E-state index in [4.69, 9.17) is 14.3 Å². The topological polar surface area (TPSA) is 95.4 Å². The van der Waals surface area contributed by atoms with E-state index in [-0.39, 0.29) is 33.9 Å². The monoisotopic (exact) mass is 478 g/mol. The fourth-order valence-corrected chi connectivity index (χ4v) is 3.05. The Kier molecular flexibility index (Phi) is 9.80. The highest BCUT2D eigenvalue weighted by atomic mass is 32.2. The van der Waals surface area contributed by atoms with Crippen LogP contribution >= 0.6 is 0 Å². The molecule has 0 spiro atoms. The standard InChI is InChI=1S/C19H20F4N2O4S.C2H6/c1-4-12(10-14(20)9-11(2)28-3)17-16(25-18(29-17)19(21,22)23)13-5-7-15(8-6-13)30(24,26)27;1-2/h4-9,11H,10H2,1-3H3,(H2,24,26,27);1-2H3/b12-4+,14-9+;. The van der Waals surface area contributed by atoms with Crippen LogP contribution in [0.15, 0.2) is 51.6 Å². The molecule has 2 N–H and O–H groups in total. The highest BCUT2D eigenvalue weighted by Crippen LogP contribution is 2.38. The first-order valence-electron chi connectivity index (χ1n) is 9.62. The number of halogens is 4. The Morgan fingerprint density at radius 2 is 1.81 bits per heavy atom. The average molecular weight is 479 g/mol. The number of methoxy groups -OCH3 is 1. The molecule has 2 rings (SSSR count). The van der Waals surface area contributed by atoms with Crippen molar-refractivity contribution in [3.63, 3.8) is 0 Å². The normalized spacial score (nSPS) is 14.1. The molecule has 0 fully saturated rings. The third kappa shape index (κ3) is 7.28. The van der Waals surface area contributed by atoms with Crippen molar-refractivity contribution in [2.24, 2.45) is 5.14 Å². The van der Waals surface area contributed by atoms with Crippen molar-refractivity contribution in [2.45, 2.75) is 51.3 Å². The van der Waals surface area contributed by atoms with Crippen molar-refractivity contribution in [1.29, 1.82) is 0 Å². The molecule has 0 aliphatic carbocycles. The van der Waals surface area contributed by atoms with Gasteiger partial charge in [0.25, 0.3) is 0 Å². The molecule has 1 aromatic heterocycles. The molecule has 0 radical (unpaired) electrons. The van der Waals surface area contributed by atoms with Crippen molar-refractivity contribution >= 4 is 15.6 Å². The summed E-state index contributed by atoms with van der Waals surface area (Å²) in [4.78, 5) is 3.30. The van der Waals surface area contributed by atoms with E-state index in [0.717, 1.165) is 12.1 Å². The van der Waals surface area contributed by atoms with Crippen LogP contribution in [-0.2, 0) is 20.9 Å². The predicted octanol–water partition coefficient (Wildman–Crippen LogP) is 5.72. The Morgan fingerprint density at radius 3 is 2.25 bits per heavy atom. The first kappa shape index (κ1) is 27.5. The molecule has 1 atom stereocenters. The Labute approximate surface area is 184 Å². The van der Waals surface area contributed by atoms with E-state index in [1.54, 1.807) is 6.92 Å². The van der Waals surface area contributed by atoms with Crippen LogP contribution in [0.3, 0.4) is 0 Å². The van der Waals surface area contributed by atoms with Gasteiger partial charge >= 0.3 is 12.1 Å². The number of hydrogen-bond acceptors (Lipinski definition) is 5. The molecular formula is C21H26F4N2O4S. The number of sulfonamides is 1. The second kappa shape index (κ2) is 11.4. The lowest BCUT2D eigenvalue weighted by atomic mass is 10.0. The van der Waals surface area contributed by atoms with Crippen LogP contribution in [0.5, 0.6) is 0 Å². The molecule has 0 bridgehead atoms. The van der Waals surface area contributed by atoms with Gasteiger partial charge in [0, 0.05) is 19.1 Å². The number of benzene rings is 1.